The number of nitrogens with zero attached hydrogens (tertiary/aromatic N) is 2. The number of amides is 1. The van der Waals surface area contributed by atoms with Gasteiger partial charge in [0.25, 0.3) is 5.69 Å². The van der Waals surface area contributed by atoms with Crippen LogP contribution in [0.2, 0.25) is 0 Å². The summed E-state index contributed by atoms with van der Waals surface area (Å²) in [5.74, 6) is -0.674. The van der Waals surface area contributed by atoms with E-state index in [1.54, 1.807) is 7.05 Å². The highest BCUT2D eigenvalue weighted by Crippen LogP contribution is 2.28. The number of carbonyl (C=O) groups is 1. The normalized spacial score (nSPS) is 11.9. The van der Waals surface area contributed by atoms with Crippen LogP contribution in [0.5, 0.6) is 0 Å². The van der Waals surface area contributed by atoms with Crippen molar-refractivity contribution in [2.75, 3.05) is 32.2 Å². The van der Waals surface area contributed by atoms with Gasteiger partial charge in [-0.15, -0.1) is 0 Å². The van der Waals surface area contributed by atoms with Crippen LogP contribution in [-0.4, -0.2) is 49.4 Å². The fourth-order valence-corrected chi connectivity index (χ4v) is 1.80. The molecule has 0 saturated heterocycles. The first-order valence-corrected chi connectivity index (χ1v) is 5.83. The number of hydrogen-bond donors (Lipinski definition) is 2. The molecule has 0 aliphatic carbocycles. The summed E-state index contributed by atoms with van der Waals surface area (Å²) in [6.07, 6.45) is -0.804. The first-order chi connectivity index (χ1) is 9.36. The highest BCUT2D eigenvalue weighted by Gasteiger charge is 2.20. The molecule has 0 aromatic heterocycles. The number of benzene rings is 1. The molecule has 3 N–H and O–H groups in total. The Kier molecular flexibility index (Phi) is 5.42. The smallest absolute Gasteiger partial charge is 0.292 e. The predicted molar refractivity (Wildman–Crippen MR) is 72.8 cm³/mol. The van der Waals surface area contributed by atoms with Gasteiger partial charge < -0.3 is 20.5 Å². The topological polar surface area (TPSA) is 119 Å². The number of aliphatic hydroxyl groups is 1. The van der Waals surface area contributed by atoms with Crippen LogP contribution in [0, 0.1) is 10.1 Å². The van der Waals surface area contributed by atoms with Gasteiger partial charge in [0.15, 0.2) is 0 Å². The summed E-state index contributed by atoms with van der Waals surface area (Å²) in [4.78, 5) is 23.1. The minimum absolute atomic E-state index is 0.105. The second-order valence-electron chi connectivity index (χ2n) is 4.31. The fraction of sp³-hybridized carbons (Fsp3) is 0.417. The zero-order valence-electron chi connectivity index (χ0n) is 11.3. The number of carbonyl (C=O) groups excluding carboxylic acids is 1. The first-order valence-electron chi connectivity index (χ1n) is 5.83. The van der Waals surface area contributed by atoms with Crippen molar-refractivity contribution >= 4 is 17.3 Å². The van der Waals surface area contributed by atoms with Gasteiger partial charge in [-0.3, -0.25) is 14.9 Å². The van der Waals surface area contributed by atoms with E-state index in [2.05, 4.69) is 0 Å². The number of primary amides is 1. The fourth-order valence-electron chi connectivity index (χ4n) is 1.80. The molecule has 1 amide bonds. The van der Waals surface area contributed by atoms with E-state index < -0.39 is 16.9 Å². The summed E-state index contributed by atoms with van der Waals surface area (Å²) >= 11 is 0. The number of nitrogens with two attached hydrogens (primary N) is 1. The highest BCUT2D eigenvalue weighted by molar-refractivity contribution is 5.94. The van der Waals surface area contributed by atoms with E-state index in [1.807, 2.05) is 0 Å². The van der Waals surface area contributed by atoms with Crippen molar-refractivity contribution in [1.82, 2.24) is 0 Å². The van der Waals surface area contributed by atoms with E-state index in [-0.39, 0.29) is 30.1 Å². The summed E-state index contributed by atoms with van der Waals surface area (Å²) < 4.78 is 4.80. The minimum Gasteiger partial charge on any atom is -0.389 e. The second kappa shape index (κ2) is 6.83. The molecule has 0 radical (unpaired) electrons. The third-order valence-corrected chi connectivity index (χ3v) is 2.71. The number of anilines is 1. The van der Waals surface area contributed by atoms with Gasteiger partial charge in [0, 0.05) is 32.3 Å². The van der Waals surface area contributed by atoms with Crippen LogP contribution >= 0.6 is 0 Å². The van der Waals surface area contributed by atoms with Crippen LogP contribution in [-0.2, 0) is 4.74 Å². The molecule has 0 heterocycles. The van der Waals surface area contributed by atoms with Crippen LogP contribution in [0.3, 0.4) is 0 Å². The molecular weight excluding hydrogens is 266 g/mol. The zero-order chi connectivity index (χ0) is 15.3. The van der Waals surface area contributed by atoms with E-state index in [0.717, 1.165) is 0 Å². The summed E-state index contributed by atoms with van der Waals surface area (Å²) in [5, 5.41) is 20.7. The Hall–Kier alpha value is -2.19. The van der Waals surface area contributed by atoms with E-state index in [1.165, 1.54) is 30.2 Å². The van der Waals surface area contributed by atoms with E-state index >= 15 is 0 Å². The first kappa shape index (κ1) is 15.9. The lowest BCUT2D eigenvalue weighted by Gasteiger charge is -2.22. The standard InChI is InChI=1S/C12H17N3O5/c1-14(6-9(16)7-20-2)11-5-8(12(13)17)3-4-10(11)15(18)19/h3-5,9,16H,6-7H2,1-2H3,(H2,13,17). The molecule has 8 nitrogen and oxygen atoms in total. The Morgan fingerprint density at radius 2 is 2.25 bits per heavy atom. The van der Waals surface area contributed by atoms with Crippen molar-refractivity contribution in [3.05, 3.63) is 33.9 Å². The van der Waals surface area contributed by atoms with Crippen LogP contribution in [0.4, 0.5) is 11.4 Å². The molecule has 0 fully saturated rings. The second-order valence-corrected chi connectivity index (χ2v) is 4.31. The van der Waals surface area contributed by atoms with Crippen molar-refractivity contribution in [3.8, 4) is 0 Å². The van der Waals surface area contributed by atoms with Gasteiger partial charge in [-0.2, -0.15) is 0 Å². The molecule has 1 aromatic carbocycles. The predicted octanol–water partition coefficient (Wildman–Crippen LogP) is 0.137. The largest absolute Gasteiger partial charge is 0.389 e. The molecule has 0 saturated carbocycles. The quantitative estimate of drug-likeness (QED) is 0.542. The molecule has 20 heavy (non-hydrogen) atoms. The van der Waals surface area contributed by atoms with Gasteiger partial charge in [-0.05, 0) is 12.1 Å². The van der Waals surface area contributed by atoms with Gasteiger partial charge >= 0.3 is 0 Å². The number of nitro benzene ring substituents is 1. The van der Waals surface area contributed by atoms with E-state index in [9.17, 15) is 20.0 Å². The molecule has 0 aliphatic rings. The SMILES string of the molecule is COCC(O)CN(C)c1cc(C(N)=O)ccc1[N+](=O)[O-]. The molecule has 0 aliphatic heterocycles. The monoisotopic (exact) mass is 283 g/mol. The summed E-state index contributed by atoms with van der Waals surface area (Å²) in [7, 11) is 3.02. The number of nitro groups is 1. The molecule has 1 aromatic rings. The molecular formula is C12H17N3O5. The summed E-state index contributed by atoms with van der Waals surface area (Å²) in [6, 6.07) is 3.85. The number of likely N-dealkylation sites (N-methyl/N-ethyl adjacent to an activating group) is 1. The van der Waals surface area contributed by atoms with Gasteiger partial charge in [-0.1, -0.05) is 0 Å². The van der Waals surface area contributed by atoms with Crippen LogP contribution in [0.15, 0.2) is 18.2 Å². The number of hydrogen-bond acceptors (Lipinski definition) is 6. The number of ether oxygens (including phenoxy) is 1. The maximum atomic E-state index is 11.1. The van der Waals surface area contributed by atoms with Gasteiger partial charge in [-0.25, -0.2) is 0 Å². The third-order valence-electron chi connectivity index (χ3n) is 2.71. The Labute approximate surface area is 115 Å². The molecule has 1 atom stereocenters. The Morgan fingerprint density at radius 1 is 1.60 bits per heavy atom. The molecule has 1 rings (SSSR count). The van der Waals surface area contributed by atoms with Crippen molar-refractivity contribution in [3.63, 3.8) is 0 Å². The number of methoxy groups -OCH3 is 1. The average molecular weight is 283 g/mol. The lowest BCUT2D eigenvalue weighted by molar-refractivity contribution is -0.384. The average Bonchev–Trinajstić information content (AvgIpc) is 2.37. The summed E-state index contributed by atoms with van der Waals surface area (Å²) in [6.45, 7) is 0.227. The molecule has 110 valence electrons. The number of rotatable bonds is 7. The van der Waals surface area contributed by atoms with Crippen molar-refractivity contribution in [1.29, 1.82) is 0 Å². The number of aliphatic hydroxyl groups excluding tert-OH is 1. The van der Waals surface area contributed by atoms with Gasteiger partial charge in [0.1, 0.15) is 5.69 Å². The van der Waals surface area contributed by atoms with Crippen molar-refractivity contribution < 1.29 is 19.6 Å². The van der Waals surface area contributed by atoms with Crippen LogP contribution in [0.1, 0.15) is 10.4 Å². The van der Waals surface area contributed by atoms with Crippen molar-refractivity contribution in [2.24, 2.45) is 5.73 Å². The molecule has 8 heteroatoms. The Morgan fingerprint density at radius 3 is 2.75 bits per heavy atom. The third kappa shape index (κ3) is 3.90. The summed E-state index contributed by atoms with van der Waals surface area (Å²) in [5.41, 5.74) is 5.37. The Bertz CT molecular complexity index is 506. The molecule has 0 bridgehead atoms. The van der Waals surface area contributed by atoms with Gasteiger partial charge in [0.05, 0.1) is 17.6 Å². The molecule has 1 unspecified atom stereocenters. The van der Waals surface area contributed by atoms with Crippen molar-refractivity contribution in [2.45, 2.75) is 6.10 Å². The maximum Gasteiger partial charge on any atom is 0.292 e. The van der Waals surface area contributed by atoms with E-state index in [0.29, 0.717) is 0 Å². The van der Waals surface area contributed by atoms with Crippen LogP contribution < -0.4 is 10.6 Å². The van der Waals surface area contributed by atoms with E-state index in [4.69, 9.17) is 10.5 Å². The Balaban J connectivity index is 3.08. The zero-order valence-corrected chi connectivity index (χ0v) is 11.3. The van der Waals surface area contributed by atoms with Crippen LogP contribution in [0.25, 0.3) is 0 Å². The maximum absolute atomic E-state index is 11.1. The molecule has 0 spiro atoms. The lowest BCUT2D eigenvalue weighted by atomic mass is 10.1. The van der Waals surface area contributed by atoms with Gasteiger partial charge in [0.2, 0.25) is 5.91 Å². The minimum atomic E-state index is -0.804. The lowest BCUT2D eigenvalue weighted by Crippen LogP contribution is -2.32. The highest BCUT2D eigenvalue weighted by atomic mass is 16.6.